The summed E-state index contributed by atoms with van der Waals surface area (Å²) >= 11 is 7.20. The molecule has 0 aromatic heterocycles. The molecule has 10 aromatic carbocycles. The fourth-order valence-electron chi connectivity index (χ4n) is 11.4. The molecule has 2 aliphatic rings. The first-order valence-corrected chi connectivity index (χ1v) is 33.1. The van der Waals surface area contributed by atoms with Gasteiger partial charge in [-0.15, -0.1) is 0 Å². The average Bonchev–Trinajstić information content (AvgIpc) is 0.905. The summed E-state index contributed by atoms with van der Waals surface area (Å²) in [6.45, 7) is 23.6. The van der Waals surface area contributed by atoms with Gasteiger partial charge in [-0.05, 0) is 166 Å². The zero-order chi connectivity index (χ0) is 63.4. The first-order chi connectivity index (χ1) is 42.0. The Labute approximate surface area is 561 Å². The molecule has 0 spiro atoms. The molecule has 0 amide bonds. The molecule has 89 heavy (non-hydrogen) atoms. The summed E-state index contributed by atoms with van der Waals surface area (Å²) in [4.78, 5) is 30.3. The van der Waals surface area contributed by atoms with E-state index in [2.05, 4.69) is 348 Å². The SMILES string of the molecule is Brc1ccc(N(c2ccccc2)c2ccccc2)cc1.CC(=O)O.CC(=O)O.CC(C)(C)P(C(C)(C)C)C(C)(C)C.[Pd].c1ccc(N(c2ccccc2)c2ccc(N3c4ccccc4Sc4ccccc43)cc2)cc1.c1ccc2c(c1)Cc1ccccc1S2. The molecule has 0 bridgehead atoms. The molecular formula is C77H81BrN3O4PPdS2. The number of para-hydroxylation sites is 6. The molecule has 12 heteroatoms. The molecule has 2 aliphatic heterocycles. The van der Waals surface area contributed by atoms with E-state index in [9.17, 15) is 0 Å². The van der Waals surface area contributed by atoms with Gasteiger partial charge in [0, 0.05) is 98.1 Å². The zero-order valence-electron chi connectivity index (χ0n) is 52.6. The Morgan fingerprint density at radius 1 is 0.382 bits per heavy atom. The van der Waals surface area contributed by atoms with E-state index in [4.69, 9.17) is 19.8 Å². The molecule has 0 saturated heterocycles. The second-order valence-corrected chi connectivity index (χ2v) is 31.5. The molecule has 0 aliphatic carbocycles. The molecule has 2 N–H and O–H groups in total. The fraction of sp³-hybridized carbons (Fsp3) is 0.195. The number of nitrogens with zero attached hydrogens (tertiary/aromatic N) is 3. The Morgan fingerprint density at radius 2 is 0.629 bits per heavy atom. The van der Waals surface area contributed by atoms with E-state index in [0.29, 0.717) is 15.5 Å². The quantitative estimate of drug-likeness (QED) is 0.120. The molecule has 0 radical (unpaired) electrons. The van der Waals surface area contributed by atoms with Crippen molar-refractivity contribution >= 4 is 111 Å². The number of hydrogen-bond acceptors (Lipinski definition) is 7. The summed E-state index contributed by atoms with van der Waals surface area (Å²) in [7, 11) is 0.0162. The van der Waals surface area contributed by atoms with E-state index in [0.717, 1.165) is 64.6 Å². The fourth-order valence-corrected chi connectivity index (χ4v) is 19.8. The monoisotopic (exact) mass is 1390 g/mol. The van der Waals surface area contributed by atoms with Crippen molar-refractivity contribution in [2.24, 2.45) is 0 Å². The summed E-state index contributed by atoms with van der Waals surface area (Å²) in [6, 6.07) is 93.6. The number of halogens is 1. The summed E-state index contributed by atoms with van der Waals surface area (Å²) in [5, 5.41) is 16.2. The van der Waals surface area contributed by atoms with Crippen LogP contribution in [0.15, 0.2) is 291 Å². The minimum Gasteiger partial charge on any atom is -0.481 e. The van der Waals surface area contributed by atoms with Gasteiger partial charge in [0.2, 0.25) is 0 Å². The van der Waals surface area contributed by atoms with Crippen LogP contribution in [0.1, 0.15) is 87.3 Å². The Kier molecular flexibility index (Phi) is 26.7. The predicted molar refractivity (Wildman–Crippen MR) is 381 cm³/mol. The van der Waals surface area contributed by atoms with Crippen LogP contribution in [-0.2, 0) is 36.4 Å². The minimum absolute atomic E-state index is 0. The van der Waals surface area contributed by atoms with Crippen molar-refractivity contribution in [3.05, 3.63) is 283 Å². The van der Waals surface area contributed by atoms with E-state index in [1.54, 1.807) is 0 Å². The van der Waals surface area contributed by atoms with Crippen molar-refractivity contribution in [1.82, 2.24) is 0 Å². The summed E-state index contributed by atoms with van der Waals surface area (Å²) in [5.41, 5.74) is 13.4. The molecular weight excluding hydrogens is 1310 g/mol. The summed E-state index contributed by atoms with van der Waals surface area (Å²) < 4.78 is 1.09. The molecule has 10 aromatic rings. The molecule has 2 heterocycles. The van der Waals surface area contributed by atoms with Crippen LogP contribution in [0.5, 0.6) is 0 Å². The number of carboxylic acid groups (broad SMARTS) is 2. The molecule has 462 valence electrons. The van der Waals surface area contributed by atoms with Crippen molar-refractivity contribution in [2.75, 3.05) is 14.7 Å². The van der Waals surface area contributed by atoms with Gasteiger partial charge in [0.15, 0.2) is 0 Å². The number of fused-ring (bicyclic) bond motifs is 4. The normalized spacial score (nSPS) is 11.6. The van der Waals surface area contributed by atoms with Crippen LogP contribution in [0.3, 0.4) is 0 Å². The van der Waals surface area contributed by atoms with Gasteiger partial charge in [-0.25, -0.2) is 0 Å². The van der Waals surface area contributed by atoms with Crippen LogP contribution < -0.4 is 14.7 Å². The van der Waals surface area contributed by atoms with Crippen LogP contribution in [0.4, 0.5) is 51.2 Å². The van der Waals surface area contributed by atoms with E-state index in [1.165, 1.54) is 42.1 Å². The maximum absolute atomic E-state index is 9.00. The Balaban J connectivity index is 0.000000193. The van der Waals surface area contributed by atoms with E-state index in [1.807, 2.05) is 35.7 Å². The first kappa shape index (κ1) is 70.9. The molecule has 0 atom stereocenters. The van der Waals surface area contributed by atoms with Crippen molar-refractivity contribution in [1.29, 1.82) is 0 Å². The third-order valence-corrected chi connectivity index (χ3v) is 20.4. The van der Waals surface area contributed by atoms with Gasteiger partial charge < -0.3 is 24.9 Å². The van der Waals surface area contributed by atoms with Crippen molar-refractivity contribution < 1.29 is 40.2 Å². The summed E-state index contributed by atoms with van der Waals surface area (Å²) in [5.74, 6) is -1.67. The largest absolute Gasteiger partial charge is 0.481 e. The second-order valence-electron chi connectivity index (χ2n) is 23.8. The van der Waals surface area contributed by atoms with Gasteiger partial charge in [-0.1, -0.05) is 243 Å². The molecule has 12 rings (SSSR count). The van der Waals surface area contributed by atoms with Crippen LogP contribution in [-0.4, -0.2) is 37.6 Å². The number of anilines is 9. The van der Waals surface area contributed by atoms with Gasteiger partial charge in [0.25, 0.3) is 11.9 Å². The van der Waals surface area contributed by atoms with Crippen LogP contribution >= 0.6 is 47.4 Å². The number of benzene rings is 10. The number of rotatable bonds is 7. The standard InChI is InChI=1S/C30H22N2S.C18H14BrN.C13H10S.C12H27P.2C2H4O2.Pd/c1-3-11-23(12-4-1)31(24-13-5-2-6-14-24)25-19-21-26(22-20-25)32-27-15-7-9-17-29(27)33-30-18-10-8-16-28(30)32;19-15-11-13-18(14-12-15)20(16-7-3-1-4-8-16)17-9-5-2-6-10-17;1-3-7-12-10(5-1)9-11-6-2-4-8-13(11)14-12;1-10(2,3)13(11(4,5)6)12(7,8)9;2*1-2(3)4;/h1-22H;1-14H;1-8H,9H2;1-9H3;2*1H3,(H,3,4);. The smallest absolute Gasteiger partial charge is 0.300 e. The van der Waals surface area contributed by atoms with Gasteiger partial charge in [0.1, 0.15) is 0 Å². The van der Waals surface area contributed by atoms with Crippen LogP contribution in [0, 0.1) is 0 Å². The number of hydrogen-bond donors (Lipinski definition) is 2. The predicted octanol–water partition coefficient (Wildman–Crippen LogP) is 23.8. The number of carbonyl (C=O) groups is 2. The molecule has 0 unspecified atom stereocenters. The van der Waals surface area contributed by atoms with E-state index in [-0.39, 0.29) is 28.3 Å². The van der Waals surface area contributed by atoms with Gasteiger partial charge >= 0.3 is 0 Å². The second kappa shape index (κ2) is 33.6. The topological polar surface area (TPSA) is 84.3 Å². The maximum Gasteiger partial charge on any atom is 0.300 e. The van der Waals surface area contributed by atoms with Gasteiger partial charge in [-0.3, -0.25) is 9.59 Å². The van der Waals surface area contributed by atoms with Crippen molar-refractivity contribution in [3.63, 3.8) is 0 Å². The number of carboxylic acids is 2. The Hall–Kier alpha value is -7.19. The first-order valence-electron chi connectivity index (χ1n) is 29.3. The average molecular weight is 1390 g/mol. The van der Waals surface area contributed by atoms with E-state index < -0.39 is 11.9 Å². The Morgan fingerprint density at radius 3 is 0.933 bits per heavy atom. The van der Waals surface area contributed by atoms with Crippen LogP contribution in [0.25, 0.3) is 0 Å². The van der Waals surface area contributed by atoms with Crippen LogP contribution in [0.2, 0.25) is 0 Å². The number of aliphatic carboxylic acids is 2. The van der Waals surface area contributed by atoms with Gasteiger partial charge in [-0.2, -0.15) is 0 Å². The van der Waals surface area contributed by atoms with Gasteiger partial charge in [0.05, 0.1) is 11.4 Å². The zero-order valence-corrected chi connectivity index (χ0v) is 58.3. The third-order valence-electron chi connectivity index (χ3n) is 13.5. The maximum atomic E-state index is 9.00. The van der Waals surface area contributed by atoms with Crippen molar-refractivity contribution in [2.45, 2.75) is 118 Å². The third kappa shape index (κ3) is 20.9. The van der Waals surface area contributed by atoms with E-state index >= 15 is 0 Å². The molecule has 0 saturated carbocycles. The Bertz CT molecular complexity index is 3520. The molecule has 0 fully saturated rings. The van der Waals surface area contributed by atoms with Crippen molar-refractivity contribution in [3.8, 4) is 0 Å². The summed E-state index contributed by atoms with van der Waals surface area (Å²) in [6.07, 6.45) is 1.08. The molecule has 7 nitrogen and oxygen atoms in total. The minimum atomic E-state index is -0.833.